The van der Waals surface area contributed by atoms with Crippen LogP contribution >= 0.6 is 7.82 Å². The Morgan fingerprint density at radius 2 is 0.891 bits per heavy atom. The molecule has 0 aliphatic carbocycles. The van der Waals surface area contributed by atoms with E-state index in [0.717, 1.165) is 51.4 Å². The number of rotatable bonds is 46. The smallest absolute Gasteiger partial charge is 0.462 e. The number of carbonyl (C=O) groups is 2. The number of phosphoric acid groups is 1. The third-order valence-corrected chi connectivity index (χ3v) is 11.7. The number of hydrogen-bond donors (Lipinski definition) is 1. The first-order valence-electron chi connectivity index (χ1n) is 25.7. The first-order valence-corrected chi connectivity index (χ1v) is 27.2. The second kappa shape index (κ2) is 45.6. The van der Waals surface area contributed by atoms with Crippen LogP contribution in [0.3, 0.4) is 0 Å². The minimum atomic E-state index is -4.40. The molecule has 1 N–H and O–H groups in total. The van der Waals surface area contributed by atoms with E-state index in [0.29, 0.717) is 23.9 Å². The molecule has 0 aliphatic heterocycles. The second-order valence-corrected chi connectivity index (χ2v) is 19.6. The van der Waals surface area contributed by atoms with Crippen LogP contribution in [0.4, 0.5) is 0 Å². The Morgan fingerprint density at radius 3 is 1.30 bits per heavy atom. The predicted octanol–water partition coefficient (Wildman–Crippen LogP) is 15.4. The van der Waals surface area contributed by atoms with Gasteiger partial charge in [0, 0.05) is 12.8 Å². The van der Waals surface area contributed by atoms with Gasteiger partial charge in [-0.3, -0.25) is 18.6 Å². The summed E-state index contributed by atoms with van der Waals surface area (Å²) in [6, 6.07) is 0. The summed E-state index contributed by atoms with van der Waals surface area (Å²) < 4.78 is 34.4. The lowest BCUT2D eigenvalue weighted by atomic mass is 10.0. The van der Waals surface area contributed by atoms with Gasteiger partial charge in [0.15, 0.2) is 6.10 Å². The van der Waals surface area contributed by atoms with E-state index in [1.807, 2.05) is 33.3 Å². The Kier molecular flexibility index (Phi) is 43.8. The van der Waals surface area contributed by atoms with Crippen molar-refractivity contribution in [3.05, 3.63) is 72.9 Å². The van der Waals surface area contributed by atoms with Gasteiger partial charge in [-0.05, 0) is 51.4 Å². The fourth-order valence-electron chi connectivity index (χ4n) is 6.81. The van der Waals surface area contributed by atoms with Crippen LogP contribution < -0.4 is 0 Å². The summed E-state index contributed by atoms with van der Waals surface area (Å²) in [5.74, 6) is -0.893. The molecule has 0 aromatic rings. The molecule has 0 fully saturated rings. The van der Waals surface area contributed by atoms with Gasteiger partial charge >= 0.3 is 19.8 Å². The third-order valence-electron chi connectivity index (χ3n) is 10.8. The van der Waals surface area contributed by atoms with E-state index >= 15 is 0 Å². The summed E-state index contributed by atoms with van der Waals surface area (Å²) in [6.07, 6.45) is 58.3. The lowest BCUT2D eigenvalue weighted by Crippen LogP contribution is -2.37. The normalized spacial score (nSPS) is 14.0. The van der Waals surface area contributed by atoms with Gasteiger partial charge in [-0.15, -0.1) is 0 Å². The highest BCUT2D eigenvalue weighted by Crippen LogP contribution is 2.43. The van der Waals surface area contributed by atoms with Crippen molar-refractivity contribution in [2.24, 2.45) is 0 Å². The summed E-state index contributed by atoms with van der Waals surface area (Å²) in [5, 5.41) is 0. The molecular weight excluding hydrogens is 822 g/mol. The van der Waals surface area contributed by atoms with Crippen LogP contribution in [-0.2, 0) is 32.7 Å². The van der Waals surface area contributed by atoms with Crippen LogP contribution in [0.5, 0.6) is 0 Å². The monoisotopic (exact) mass is 919 g/mol. The van der Waals surface area contributed by atoms with Crippen molar-refractivity contribution in [1.29, 1.82) is 0 Å². The van der Waals surface area contributed by atoms with Gasteiger partial charge < -0.3 is 18.9 Å². The maximum atomic E-state index is 12.8. The average molecular weight is 919 g/mol. The molecule has 0 saturated heterocycles. The lowest BCUT2D eigenvalue weighted by molar-refractivity contribution is -0.870. The number of quaternary nitrogens is 1. The Labute approximate surface area is 393 Å². The summed E-state index contributed by atoms with van der Waals surface area (Å²) >= 11 is 0. The van der Waals surface area contributed by atoms with Gasteiger partial charge in [-0.25, -0.2) is 4.57 Å². The summed E-state index contributed by atoms with van der Waals surface area (Å²) in [6.45, 7) is 4.24. The lowest BCUT2D eigenvalue weighted by Gasteiger charge is -2.24. The standard InChI is InChI=1S/C54H96NO8P/c1-6-8-10-12-14-16-18-20-22-24-26-27-29-31-33-35-37-39-41-43-45-47-54(57)63-52(51-62-64(58,59)61-49-48-55(3,4)5)50-60-53(56)46-44-42-40-38-36-34-32-30-28-25-23-21-19-17-15-13-11-9-7-2/h9,11,15,17,21,23,28,30,34,36,40,42,52H,6-8,10,12-14,16,18-20,22,24-27,29,31-33,35,37-39,41,43-51H2,1-5H3/p+1/b11-9+,17-15+,23-21+,30-28+,36-34+,42-40+/t52-/m1/s1. The molecule has 0 heterocycles. The Morgan fingerprint density at radius 1 is 0.500 bits per heavy atom. The first-order chi connectivity index (χ1) is 31.0. The number of esters is 2. The summed E-state index contributed by atoms with van der Waals surface area (Å²) in [7, 11) is 1.44. The Balaban J connectivity index is 4.34. The molecule has 0 aromatic heterocycles. The van der Waals surface area contributed by atoms with Crippen molar-refractivity contribution in [3.8, 4) is 0 Å². The van der Waals surface area contributed by atoms with E-state index in [1.165, 1.54) is 116 Å². The number of phosphoric ester groups is 1. The number of likely N-dealkylation sites (N-methyl/N-ethyl adjacent to an activating group) is 1. The van der Waals surface area contributed by atoms with Crippen LogP contribution in [0.15, 0.2) is 72.9 Å². The van der Waals surface area contributed by atoms with E-state index in [-0.39, 0.29) is 26.1 Å². The van der Waals surface area contributed by atoms with Gasteiger partial charge in [-0.1, -0.05) is 215 Å². The molecule has 2 atom stereocenters. The van der Waals surface area contributed by atoms with E-state index in [9.17, 15) is 19.0 Å². The molecule has 0 rings (SSSR count). The zero-order chi connectivity index (χ0) is 47.1. The van der Waals surface area contributed by atoms with Crippen molar-refractivity contribution in [2.45, 2.75) is 213 Å². The molecule has 0 aliphatic rings. The van der Waals surface area contributed by atoms with Gasteiger partial charge in [0.25, 0.3) is 0 Å². The Bertz CT molecular complexity index is 1310. The minimum absolute atomic E-state index is 0.0186. The van der Waals surface area contributed by atoms with Crippen LogP contribution in [0.25, 0.3) is 0 Å². The highest BCUT2D eigenvalue weighted by molar-refractivity contribution is 7.47. The zero-order valence-electron chi connectivity index (χ0n) is 41.7. The molecule has 9 nitrogen and oxygen atoms in total. The van der Waals surface area contributed by atoms with Crippen molar-refractivity contribution >= 4 is 19.8 Å². The van der Waals surface area contributed by atoms with Crippen molar-refractivity contribution < 1.29 is 42.1 Å². The molecule has 64 heavy (non-hydrogen) atoms. The van der Waals surface area contributed by atoms with Gasteiger partial charge in [0.05, 0.1) is 27.7 Å². The van der Waals surface area contributed by atoms with E-state index in [2.05, 4.69) is 74.6 Å². The highest BCUT2D eigenvalue weighted by Gasteiger charge is 2.27. The fraction of sp³-hybridized carbons (Fsp3) is 0.741. The van der Waals surface area contributed by atoms with Crippen LogP contribution in [0, 0.1) is 0 Å². The second-order valence-electron chi connectivity index (χ2n) is 18.2. The topological polar surface area (TPSA) is 108 Å². The maximum absolute atomic E-state index is 12.8. The maximum Gasteiger partial charge on any atom is 0.472 e. The number of carbonyl (C=O) groups excluding carboxylic acids is 2. The molecular formula is C54H97NO8P+. The molecule has 0 saturated carbocycles. The molecule has 370 valence electrons. The van der Waals surface area contributed by atoms with Crippen molar-refractivity contribution in [2.75, 3.05) is 47.5 Å². The average Bonchev–Trinajstić information content (AvgIpc) is 3.25. The number of unbranched alkanes of at least 4 members (excludes halogenated alkanes) is 20. The number of nitrogens with zero attached hydrogens (tertiary/aromatic N) is 1. The minimum Gasteiger partial charge on any atom is -0.462 e. The summed E-state index contributed by atoms with van der Waals surface area (Å²) in [5.41, 5.74) is 0. The number of hydrogen-bond acceptors (Lipinski definition) is 7. The van der Waals surface area contributed by atoms with E-state index in [1.54, 1.807) is 0 Å². The molecule has 0 amide bonds. The van der Waals surface area contributed by atoms with Crippen LogP contribution in [0.2, 0.25) is 0 Å². The van der Waals surface area contributed by atoms with E-state index < -0.39 is 32.5 Å². The fourth-order valence-corrected chi connectivity index (χ4v) is 7.55. The van der Waals surface area contributed by atoms with Gasteiger partial charge in [-0.2, -0.15) is 0 Å². The zero-order valence-corrected chi connectivity index (χ0v) is 42.6. The molecule has 0 spiro atoms. The van der Waals surface area contributed by atoms with Gasteiger partial charge in [0.1, 0.15) is 19.8 Å². The first kappa shape index (κ1) is 61.5. The third kappa shape index (κ3) is 48.9. The van der Waals surface area contributed by atoms with Crippen molar-refractivity contribution in [1.82, 2.24) is 0 Å². The highest BCUT2D eigenvalue weighted by atomic mass is 31.2. The van der Waals surface area contributed by atoms with Gasteiger partial charge in [0.2, 0.25) is 0 Å². The Hall–Kier alpha value is -2.55. The predicted molar refractivity (Wildman–Crippen MR) is 270 cm³/mol. The number of ether oxygens (including phenoxy) is 2. The van der Waals surface area contributed by atoms with Crippen molar-refractivity contribution in [3.63, 3.8) is 0 Å². The van der Waals surface area contributed by atoms with Crippen LogP contribution in [0.1, 0.15) is 206 Å². The SMILES string of the molecule is CC/C=C/C/C=C/C/C=C/C/C=C/C/C=C/C/C=C/CCC(=O)OC[C@H](COP(=O)(O)OCC[N+](C)(C)C)OC(=O)CCCCCCCCCCCCCCCCCCCCCCC. The van der Waals surface area contributed by atoms with E-state index in [4.69, 9.17) is 18.5 Å². The molecule has 10 heteroatoms. The molecule has 0 bridgehead atoms. The largest absolute Gasteiger partial charge is 0.472 e. The summed E-state index contributed by atoms with van der Waals surface area (Å²) in [4.78, 5) is 35.5. The quantitative estimate of drug-likeness (QED) is 0.0211. The molecule has 0 radical (unpaired) electrons. The molecule has 1 unspecified atom stereocenters. The van der Waals surface area contributed by atoms with Crippen LogP contribution in [-0.4, -0.2) is 74.9 Å². The number of allylic oxidation sites excluding steroid dienone is 12. The molecule has 0 aromatic carbocycles.